The third-order valence-electron chi connectivity index (χ3n) is 3.85. The molecule has 112 valence electrons. The van der Waals surface area contributed by atoms with Gasteiger partial charge in [-0.1, -0.05) is 25.8 Å². The maximum Gasteiger partial charge on any atom is 0.194 e. The first-order chi connectivity index (χ1) is 9.65. The third kappa shape index (κ3) is 3.33. The topological polar surface area (TPSA) is 15.3 Å². The van der Waals surface area contributed by atoms with Crippen molar-refractivity contribution >= 4 is 0 Å². The first-order valence-electron chi connectivity index (χ1n) is 7.23. The molecule has 2 nitrogen and oxygen atoms in total. The van der Waals surface area contributed by atoms with E-state index in [1.807, 2.05) is 0 Å². The summed E-state index contributed by atoms with van der Waals surface area (Å²) in [5, 5.41) is 3.24. The minimum Gasteiger partial charge on any atom is -0.314 e. The molecular formula is C15H21F3N2. The van der Waals surface area contributed by atoms with Crippen LogP contribution in [0.1, 0.15) is 37.8 Å². The Morgan fingerprint density at radius 2 is 1.85 bits per heavy atom. The number of unbranched alkanes of at least 4 members (excludes halogenated alkanes) is 1. The molecule has 0 spiro atoms. The Balaban J connectivity index is 2.27. The smallest absolute Gasteiger partial charge is 0.194 e. The molecule has 2 rings (SSSR count). The van der Waals surface area contributed by atoms with Gasteiger partial charge in [0.1, 0.15) is 0 Å². The van der Waals surface area contributed by atoms with E-state index in [-0.39, 0.29) is 11.6 Å². The van der Waals surface area contributed by atoms with E-state index in [9.17, 15) is 13.2 Å². The summed E-state index contributed by atoms with van der Waals surface area (Å²) in [5.41, 5.74) is 0.277. The number of nitrogens with one attached hydrogen (secondary N) is 1. The number of hydrogen-bond acceptors (Lipinski definition) is 2. The standard InChI is InChI=1S/C15H21F3N2/c1-2-3-4-13(20-9-7-19-8-10-20)11-5-6-12(16)15(18)14(11)17/h5-6,13,19H,2-4,7-10H2,1H3/t13-/m1/s1. The molecule has 0 unspecified atom stereocenters. The molecule has 20 heavy (non-hydrogen) atoms. The van der Waals surface area contributed by atoms with Gasteiger partial charge in [0.25, 0.3) is 0 Å². The minimum absolute atomic E-state index is 0.174. The van der Waals surface area contributed by atoms with Crippen LogP contribution in [0, 0.1) is 17.5 Å². The molecule has 1 aliphatic rings. The van der Waals surface area contributed by atoms with Crippen molar-refractivity contribution < 1.29 is 13.2 Å². The van der Waals surface area contributed by atoms with Gasteiger partial charge >= 0.3 is 0 Å². The average molecular weight is 286 g/mol. The lowest BCUT2D eigenvalue weighted by atomic mass is 9.98. The van der Waals surface area contributed by atoms with Crippen LogP contribution in [0.5, 0.6) is 0 Å². The Bertz CT molecular complexity index is 445. The lowest BCUT2D eigenvalue weighted by Crippen LogP contribution is -2.45. The molecule has 0 aromatic heterocycles. The molecule has 1 N–H and O–H groups in total. The highest BCUT2D eigenvalue weighted by molar-refractivity contribution is 5.24. The predicted molar refractivity (Wildman–Crippen MR) is 73.0 cm³/mol. The lowest BCUT2D eigenvalue weighted by molar-refractivity contribution is 0.159. The molecule has 1 fully saturated rings. The second-order valence-corrected chi connectivity index (χ2v) is 5.21. The maximum atomic E-state index is 14.0. The number of hydrogen-bond donors (Lipinski definition) is 1. The zero-order valence-corrected chi connectivity index (χ0v) is 11.8. The Morgan fingerprint density at radius 1 is 1.15 bits per heavy atom. The summed E-state index contributed by atoms with van der Waals surface area (Å²) in [6, 6.07) is 2.23. The fourth-order valence-corrected chi connectivity index (χ4v) is 2.72. The fraction of sp³-hybridized carbons (Fsp3) is 0.600. The van der Waals surface area contributed by atoms with Crippen molar-refractivity contribution in [2.75, 3.05) is 26.2 Å². The van der Waals surface area contributed by atoms with Crippen molar-refractivity contribution in [3.63, 3.8) is 0 Å². The Morgan fingerprint density at radius 3 is 2.50 bits per heavy atom. The fourth-order valence-electron chi connectivity index (χ4n) is 2.72. The summed E-state index contributed by atoms with van der Waals surface area (Å²) >= 11 is 0. The Hall–Kier alpha value is -1.07. The van der Waals surface area contributed by atoms with Crippen molar-refractivity contribution in [3.8, 4) is 0 Å². The van der Waals surface area contributed by atoms with Gasteiger partial charge in [-0.05, 0) is 12.5 Å². The van der Waals surface area contributed by atoms with Gasteiger partial charge in [-0.25, -0.2) is 13.2 Å². The van der Waals surface area contributed by atoms with Crippen LogP contribution in [0.2, 0.25) is 0 Å². The zero-order valence-electron chi connectivity index (χ0n) is 11.8. The van der Waals surface area contributed by atoms with E-state index >= 15 is 0 Å². The molecule has 1 saturated heterocycles. The van der Waals surface area contributed by atoms with Gasteiger partial charge in [-0.2, -0.15) is 0 Å². The summed E-state index contributed by atoms with van der Waals surface area (Å²) < 4.78 is 40.6. The molecule has 5 heteroatoms. The van der Waals surface area contributed by atoms with Crippen LogP contribution >= 0.6 is 0 Å². The second-order valence-electron chi connectivity index (χ2n) is 5.21. The minimum atomic E-state index is -1.36. The lowest BCUT2D eigenvalue weighted by Gasteiger charge is -2.35. The second kappa shape index (κ2) is 7.09. The molecule has 0 radical (unpaired) electrons. The van der Waals surface area contributed by atoms with Gasteiger partial charge in [0, 0.05) is 37.8 Å². The van der Waals surface area contributed by atoms with Crippen molar-refractivity contribution in [1.29, 1.82) is 0 Å². The van der Waals surface area contributed by atoms with Gasteiger partial charge < -0.3 is 5.32 Å². The highest BCUT2D eigenvalue weighted by Crippen LogP contribution is 2.30. The van der Waals surface area contributed by atoms with Crippen LogP contribution in [0.15, 0.2) is 12.1 Å². The van der Waals surface area contributed by atoms with Crippen LogP contribution in [0.4, 0.5) is 13.2 Å². The van der Waals surface area contributed by atoms with E-state index < -0.39 is 17.5 Å². The number of rotatable bonds is 5. The number of halogens is 3. The summed E-state index contributed by atoms with van der Waals surface area (Å²) in [6.07, 6.45) is 2.69. The highest BCUT2D eigenvalue weighted by atomic mass is 19.2. The molecular weight excluding hydrogens is 265 g/mol. The molecule has 1 aliphatic heterocycles. The normalized spacial score (nSPS) is 18.2. The monoisotopic (exact) mass is 286 g/mol. The van der Waals surface area contributed by atoms with E-state index in [1.54, 1.807) is 0 Å². The molecule has 0 bridgehead atoms. The van der Waals surface area contributed by atoms with Crippen LogP contribution in [-0.4, -0.2) is 31.1 Å². The molecule has 0 saturated carbocycles. The highest BCUT2D eigenvalue weighted by Gasteiger charge is 2.26. The largest absolute Gasteiger partial charge is 0.314 e. The average Bonchev–Trinajstić information content (AvgIpc) is 2.48. The van der Waals surface area contributed by atoms with Crippen molar-refractivity contribution in [1.82, 2.24) is 10.2 Å². The SMILES string of the molecule is CCCC[C@H](c1ccc(F)c(F)c1F)N1CCNCC1. The summed E-state index contributed by atoms with van der Waals surface area (Å²) in [7, 11) is 0. The molecule has 1 aromatic rings. The van der Waals surface area contributed by atoms with Crippen LogP contribution in [0.25, 0.3) is 0 Å². The number of nitrogens with zero attached hydrogens (tertiary/aromatic N) is 1. The predicted octanol–water partition coefficient (Wildman–Crippen LogP) is 3.24. The summed E-state index contributed by atoms with van der Waals surface area (Å²) in [4.78, 5) is 2.15. The third-order valence-corrected chi connectivity index (χ3v) is 3.85. The molecule has 1 atom stereocenters. The van der Waals surface area contributed by atoms with Crippen LogP contribution in [0.3, 0.4) is 0 Å². The quantitative estimate of drug-likeness (QED) is 0.836. The Labute approximate surface area is 118 Å². The van der Waals surface area contributed by atoms with Crippen LogP contribution < -0.4 is 5.32 Å². The summed E-state index contributed by atoms with van der Waals surface area (Å²) in [5.74, 6) is -3.52. The molecule has 1 heterocycles. The van der Waals surface area contributed by atoms with Crippen LogP contribution in [-0.2, 0) is 0 Å². The van der Waals surface area contributed by atoms with Gasteiger partial charge in [0.15, 0.2) is 17.5 Å². The van der Waals surface area contributed by atoms with E-state index in [1.165, 1.54) is 6.07 Å². The van der Waals surface area contributed by atoms with Gasteiger partial charge in [-0.15, -0.1) is 0 Å². The van der Waals surface area contributed by atoms with E-state index in [0.29, 0.717) is 0 Å². The first-order valence-corrected chi connectivity index (χ1v) is 7.23. The van der Waals surface area contributed by atoms with E-state index in [2.05, 4.69) is 17.1 Å². The first kappa shape index (κ1) is 15.3. The van der Waals surface area contributed by atoms with Crippen molar-refractivity contribution in [2.24, 2.45) is 0 Å². The van der Waals surface area contributed by atoms with E-state index in [4.69, 9.17) is 0 Å². The number of benzene rings is 1. The molecule has 1 aromatic carbocycles. The number of piperazine rings is 1. The van der Waals surface area contributed by atoms with Crippen molar-refractivity contribution in [3.05, 3.63) is 35.1 Å². The Kier molecular flexibility index (Phi) is 5.43. The van der Waals surface area contributed by atoms with E-state index in [0.717, 1.165) is 51.5 Å². The van der Waals surface area contributed by atoms with Gasteiger partial charge in [-0.3, -0.25) is 4.90 Å². The van der Waals surface area contributed by atoms with Gasteiger partial charge in [0.2, 0.25) is 0 Å². The molecule has 0 amide bonds. The zero-order chi connectivity index (χ0) is 14.5. The van der Waals surface area contributed by atoms with Gasteiger partial charge in [0.05, 0.1) is 0 Å². The summed E-state index contributed by atoms with van der Waals surface area (Å²) in [6.45, 7) is 5.35. The maximum absolute atomic E-state index is 14.0. The van der Waals surface area contributed by atoms with Crippen molar-refractivity contribution in [2.45, 2.75) is 32.2 Å². The molecule has 0 aliphatic carbocycles.